The van der Waals surface area contributed by atoms with Crippen molar-refractivity contribution in [2.24, 2.45) is 0 Å². The summed E-state index contributed by atoms with van der Waals surface area (Å²) in [5, 5.41) is 2.91. The van der Waals surface area contributed by atoms with Gasteiger partial charge in [0.25, 0.3) is 0 Å². The van der Waals surface area contributed by atoms with Gasteiger partial charge in [0.05, 0.1) is 16.2 Å². The van der Waals surface area contributed by atoms with Gasteiger partial charge < -0.3 is 9.73 Å². The Morgan fingerprint density at radius 2 is 2.57 bits per heavy atom. The van der Waals surface area contributed by atoms with E-state index in [1.165, 1.54) is 0 Å². The molecule has 0 amide bonds. The lowest BCUT2D eigenvalue weighted by Gasteiger charge is -1.97. The molecule has 1 aromatic rings. The van der Waals surface area contributed by atoms with Crippen LogP contribution in [0.3, 0.4) is 0 Å². The second kappa shape index (κ2) is 6.03. The first kappa shape index (κ1) is 11.5. The van der Waals surface area contributed by atoms with Crippen LogP contribution in [0.4, 0.5) is 0 Å². The van der Waals surface area contributed by atoms with E-state index in [0.717, 1.165) is 28.1 Å². The molecule has 0 radical (unpaired) electrons. The average Bonchev–Trinajstić information content (AvgIpc) is 2.63. The Kier molecular flexibility index (Phi) is 4.97. The van der Waals surface area contributed by atoms with Crippen molar-refractivity contribution < 1.29 is 4.42 Å². The minimum absolute atomic E-state index is 0.719. The number of oxazole rings is 1. The molecule has 78 valence electrons. The largest absolute Gasteiger partial charge is 0.445 e. The molecule has 0 fully saturated rings. The Hall–Kier alpha value is -0.550. The van der Waals surface area contributed by atoms with Gasteiger partial charge in [-0.2, -0.15) is 0 Å². The third kappa shape index (κ3) is 3.67. The van der Waals surface area contributed by atoms with E-state index in [-0.39, 0.29) is 0 Å². The summed E-state index contributed by atoms with van der Waals surface area (Å²) in [5.41, 5.74) is 0. The molecule has 5 heteroatoms. The first-order chi connectivity index (χ1) is 6.76. The van der Waals surface area contributed by atoms with Crippen LogP contribution >= 0.6 is 24.4 Å². The molecule has 3 nitrogen and oxygen atoms in total. The fraction of sp³-hybridized carbons (Fsp3) is 0.444. The Morgan fingerprint density at radius 3 is 3.14 bits per heavy atom. The highest BCUT2D eigenvalue weighted by molar-refractivity contribution is 8.15. The van der Waals surface area contributed by atoms with E-state index >= 15 is 0 Å². The van der Waals surface area contributed by atoms with E-state index in [1.54, 1.807) is 18.0 Å². The van der Waals surface area contributed by atoms with E-state index < -0.39 is 0 Å². The van der Waals surface area contributed by atoms with Crippen LogP contribution in [0.15, 0.2) is 21.1 Å². The maximum Gasteiger partial charge on any atom is 0.204 e. The average molecular weight is 230 g/mol. The minimum atomic E-state index is 0.719. The predicted molar refractivity (Wildman–Crippen MR) is 63.3 cm³/mol. The van der Waals surface area contributed by atoms with Crippen LogP contribution in [0.5, 0.6) is 0 Å². The van der Waals surface area contributed by atoms with Crippen LogP contribution in [0.1, 0.15) is 18.6 Å². The molecule has 0 aromatic carbocycles. The van der Waals surface area contributed by atoms with Gasteiger partial charge in [-0.15, -0.1) is 24.4 Å². The lowest BCUT2D eigenvalue weighted by atomic mass is 10.4. The number of nitrogens with zero attached hydrogens (tertiary/aromatic N) is 1. The van der Waals surface area contributed by atoms with Crippen molar-refractivity contribution in [3.8, 4) is 0 Å². The SMILES string of the molecule is CCc1cnc(CS/C(S)=C/NC)o1. The van der Waals surface area contributed by atoms with Crippen LogP contribution in [0.2, 0.25) is 0 Å². The molecule has 0 aliphatic rings. The molecule has 1 N–H and O–H groups in total. The van der Waals surface area contributed by atoms with Gasteiger partial charge in [0, 0.05) is 19.7 Å². The molecule has 1 aromatic heterocycles. The number of aromatic nitrogens is 1. The van der Waals surface area contributed by atoms with E-state index in [1.807, 2.05) is 20.2 Å². The molecule has 0 aliphatic carbocycles. The van der Waals surface area contributed by atoms with Crippen LogP contribution in [0, 0.1) is 0 Å². The molecule has 0 atom stereocenters. The molecule has 1 rings (SSSR count). The topological polar surface area (TPSA) is 38.1 Å². The van der Waals surface area contributed by atoms with Gasteiger partial charge in [-0.1, -0.05) is 6.92 Å². The fourth-order valence-electron chi connectivity index (χ4n) is 0.879. The molecular weight excluding hydrogens is 216 g/mol. The highest BCUT2D eigenvalue weighted by atomic mass is 32.2. The van der Waals surface area contributed by atoms with E-state index in [0.29, 0.717) is 0 Å². The van der Waals surface area contributed by atoms with Crippen molar-refractivity contribution in [2.45, 2.75) is 19.1 Å². The Balaban J connectivity index is 2.41. The lowest BCUT2D eigenvalue weighted by molar-refractivity contribution is 0.476. The van der Waals surface area contributed by atoms with Crippen molar-refractivity contribution in [2.75, 3.05) is 7.05 Å². The number of nitrogens with one attached hydrogen (secondary N) is 1. The molecule has 0 saturated carbocycles. The zero-order valence-electron chi connectivity index (χ0n) is 8.28. The number of rotatable bonds is 5. The molecular formula is C9H14N2OS2. The summed E-state index contributed by atoms with van der Waals surface area (Å²) >= 11 is 5.85. The zero-order valence-corrected chi connectivity index (χ0v) is 9.99. The Bertz CT molecular complexity index is 310. The number of aryl methyl sites for hydroxylation is 1. The first-order valence-electron chi connectivity index (χ1n) is 4.39. The summed E-state index contributed by atoms with van der Waals surface area (Å²) < 4.78 is 6.37. The van der Waals surface area contributed by atoms with Crippen LogP contribution in [-0.4, -0.2) is 12.0 Å². The summed E-state index contributed by atoms with van der Waals surface area (Å²) in [6, 6.07) is 0. The van der Waals surface area contributed by atoms with Gasteiger partial charge in [0.15, 0.2) is 0 Å². The maximum absolute atomic E-state index is 5.45. The molecule has 0 bridgehead atoms. The molecule has 14 heavy (non-hydrogen) atoms. The number of thioether (sulfide) groups is 1. The summed E-state index contributed by atoms with van der Waals surface area (Å²) in [6.07, 6.45) is 4.49. The fourth-order valence-corrected chi connectivity index (χ4v) is 1.81. The van der Waals surface area contributed by atoms with Gasteiger partial charge >= 0.3 is 0 Å². The highest BCUT2D eigenvalue weighted by Gasteiger charge is 2.02. The van der Waals surface area contributed by atoms with Crippen LogP contribution in [0.25, 0.3) is 0 Å². The van der Waals surface area contributed by atoms with Crippen molar-refractivity contribution in [3.63, 3.8) is 0 Å². The quantitative estimate of drug-likeness (QED) is 0.762. The smallest absolute Gasteiger partial charge is 0.204 e. The van der Waals surface area contributed by atoms with Gasteiger partial charge in [0.1, 0.15) is 5.76 Å². The van der Waals surface area contributed by atoms with Crippen molar-refractivity contribution in [1.82, 2.24) is 10.3 Å². The predicted octanol–water partition coefficient (Wildman–Crippen LogP) is 2.42. The van der Waals surface area contributed by atoms with Crippen molar-refractivity contribution in [1.29, 1.82) is 0 Å². The van der Waals surface area contributed by atoms with E-state index in [4.69, 9.17) is 4.42 Å². The highest BCUT2D eigenvalue weighted by Crippen LogP contribution is 2.23. The monoisotopic (exact) mass is 230 g/mol. The number of hydrogen-bond acceptors (Lipinski definition) is 5. The van der Waals surface area contributed by atoms with Gasteiger partial charge in [-0.3, -0.25) is 0 Å². The van der Waals surface area contributed by atoms with Gasteiger partial charge in [0.2, 0.25) is 5.89 Å². The second-order valence-corrected chi connectivity index (χ2v) is 4.44. The summed E-state index contributed by atoms with van der Waals surface area (Å²) in [5.74, 6) is 2.40. The zero-order chi connectivity index (χ0) is 10.4. The minimum Gasteiger partial charge on any atom is -0.445 e. The van der Waals surface area contributed by atoms with Crippen LogP contribution < -0.4 is 5.32 Å². The number of hydrogen-bond donors (Lipinski definition) is 2. The normalized spacial score (nSPS) is 11.8. The maximum atomic E-state index is 5.45. The summed E-state index contributed by atoms with van der Waals surface area (Å²) in [7, 11) is 1.84. The van der Waals surface area contributed by atoms with Gasteiger partial charge in [-0.05, 0) is 0 Å². The Morgan fingerprint density at radius 1 is 1.79 bits per heavy atom. The van der Waals surface area contributed by atoms with E-state index in [9.17, 15) is 0 Å². The molecule has 0 unspecified atom stereocenters. The molecule has 0 spiro atoms. The second-order valence-electron chi connectivity index (χ2n) is 2.63. The first-order valence-corrected chi connectivity index (χ1v) is 5.82. The molecule has 0 aliphatic heterocycles. The molecule has 1 heterocycles. The lowest BCUT2D eigenvalue weighted by Crippen LogP contribution is -1.92. The van der Waals surface area contributed by atoms with Crippen molar-refractivity contribution in [3.05, 3.63) is 28.3 Å². The van der Waals surface area contributed by atoms with E-state index in [2.05, 4.69) is 22.9 Å². The molecule has 0 saturated heterocycles. The number of thiol groups is 1. The van der Waals surface area contributed by atoms with Crippen LogP contribution in [-0.2, 0) is 12.2 Å². The summed E-state index contributed by atoms with van der Waals surface area (Å²) in [4.78, 5) is 4.15. The third-order valence-electron chi connectivity index (χ3n) is 1.56. The Labute approximate surface area is 93.8 Å². The standard InChI is InChI=1S/C9H14N2OS2/c1-3-7-4-11-8(12-7)6-14-9(13)5-10-2/h4-5,10,13H,3,6H2,1-2H3/b9-5+. The van der Waals surface area contributed by atoms with Crippen molar-refractivity contribution >= 4 is 24.4 Å². The summed E-state index contributed by atoms with van der Waals surface area (Å²) in [6.45, 7) is 2.04. The van der Waals surface area contributed by atoms with Gasteiger partial charge in [-0.25, -0.2) is 4.98 Å². The third-order valence-corrected chi connectivity index (χ3v) is 2.88.